The predicted octanol–water partition coefficient (Wildman–Crippen LogP) is 2.52. The molecule has 3 heteroatoms. The normalized spacial score (nSPS) is 10.3. The molecule has 0 bridgehead atoms. The minimum Gasteiger partial charge on any atom is -0.496 e. The molecule has 0 aliphatic heterocycles. The van der Waals surface area contributed by atoms with E-state index in [0.717, 1.165) is 17.0 Å². The van der Waals surface area contributed by atoms with Gasteiger partial charge in [-0.05, 0) is 43.7 Å². The second-order valence-electron chi connectivity index (χ2n) is 3.17. The van der Waals surface area contributed by atoms with Crippen LogP contribution in [0.2, 0.25) is 0 Å². The van der Waals surface area contributed by atoms with Gasteiger partial charge in [-0.1, -0.05) is 6.08 Å². The van der Waals surface area contributed by atoms with Crippen LogP contribution in [0.5, 0.6) is 5.75 Å². The van der Waals surface area contributed by atoms with Gasteiger partial charge in [0.15, 0.2) is 0 Å². The molecule has 0 saturated heterocycles. The monoisotopic (exact) mass is 205 g/mol. The summed E-state index contributed by atoms with van der Waals surface area (Å²) in [7, 11) is 1.63. The highest BCUT2D eigenvalue weighted by atomic mass is 16.5. The van der Waals surface area contributed by atoms with E-state index in [1.54, 1.807) is 20.1 Å². The van der Waals surface area contributed by atoms with E-state index in [0.29, 0.717) is 0 Å². The van der Waals surface area contributed by atoms with Gasteiger partial charge in [-0.3, -0.25) is 4.79 Å². The third-order valence-electron chi connectivity index (χ3n) is 1.98. The molecule has 1 aromatic carbocycles. The number of carbonyl (C=O) groups is 1. The second kappa shape index (κ2) is 5.20. The molecule has 0 aromatic heterocycles. The highest BCUT2D eigenvalue weighted by molar-refractivity contribution is 5.99. The molecule has 1 rings (SSSR count). The summed E-state index contributed by atoms with van der Waals surface area (Å²) in [6, 6.07) is 5.52. The molecule has 0 spiro atoms. The molecule has 15 heavy (non-hydrogen) atoms. The number of amides is 1. The standard InChI is InChI=1S/C12H15NO2/c1-4-5-12(14)13-10-6-7-11(15-3)9(2)8-10/h4-8H,1-3H3,(H,13,14). The second-order valence-corrected chi connectivity index (χ2v) is 3.17. The van der Waals surface area contributed by atoms with Crippen LogP contribution in [-0.2, 0) is 4.79 Å². The molecule has 3 nitrogen and oxygen atoms in total. The maximum atomic E-state index is 11.2. The number of hydrogen-bond acceptors (Lipinski definition) is 2. The van der Waals surface area contributed by atoms with Crippen LogP contribution in [0.25, 0.3) is 0 Å². The van der Waals surface area contributed by atoms with E-state index in [1.807, 2.05) is 25.1 Å². The summed E-state index contributed by atoms with van der Waals surface area (Å²) >= 11 is 0. The molecule has 0 atom stereocenters. The molecule has 1 N–H and O–H groups in total. The molecule has 80 valence electrons. The molecule has 0 fully saturated rings. The van der Waals surface area contributed by atoms with E-state index in [2.05, 4.69) is 5.32 Å². The van der Waals surface area contributed by atoms with Gasteiger partial charge in [0.05, 0.1) is 7.11 Å². The minimum atomic E-state index is -0.123. The summed E-state index contributed by atoms with van der Waals surface area (Å²) in [6.07, 6.45) is 3.19. The summed E-state index contributed by atoms with van der Waals surface area (Å²) < 4.78 is 5.13. The Hall–Kier alpha value is -1.77. The van der Waals surface area contributed by atoms with E-state index < -0.39 is 0 Å². The topological polar surface area (TPSA) is 38.3 Å². The Morgan fingerprint density at radius 1 is 1.47 bits per heavy atom. The van der Waals surface area contributed by atoms with E-state index in [-0.39, 0.29) is 5.91 Å². The average Bonchev–Trinajstić information content (AvgIpc) is 2.18. The highest BCUT2D eigenvalue weighted by Crippen LogP contribution is 2.21. The van der Waals surface area contributed by atoms with Gasteiger partial charge in [0.1, 0.15) is 5.75 Å². The fourth-order valence-corrected chi connectivity index (χ4v) is 1.29. The summed E-state index contributed by atoms with van der Waals surface area (Å²) in [6.45, 7) is 3.74. The Morgan fingerprint density at radius 3 is 2.73 bits per heavy atom. The first-order valence-corrected chi connectivity index (χ1v) is 4.75. The van der Waals surface area contributed by atoms with Crippen molar-refractivity contribution in [1.82, 2.24) is 0 Å². The Morgan fingerprint density at radius 2 is 2.20 bits per heavy atom. The summed E-state index contributed by atoms with van der Waals surface area (Å²) in [5, 5.41) is 2.75. The molecule has 0 unspecified atom stereocenters. The fourth-order valence-electron chi connectivity index (χ4n) is 1.29. The van der Waals surface area contributed by atoms with E-state index in [1.165, 1.54) is 6.08 Å². The highest BCUT2D eigenvalue weighted by Gasteiger charge is 2.01. The third kappa shape index (κ3) is 3.13. The van der Waals surface area contributed by atoms with Crippen LogP contribution in [0.4, 0.5) is 5.69 Å². The van der Waals surface area contributed by atoms with Crippen LogP contribution in [0.1, 0.15) is 12.5 Å². The Bertz CT molecular complexity index is 383. The number of anilines is 1. The smallest absolute Gasteiger partial charge is 0.248 e. The SMILES string of the molecule is CC=CC(=O)Nc1ccc(OC)c(C)c1. The molecular formula is C12H15NO2. The molecule has 1 amide bonds. The van der Waals surface area contributed by atoms with Crippen LogP contribution >= 0.6 is 0 Å². The quantitative estimate of drug-likeness (QED) is 0.770. The minimum absolute atomic E-state index is 0.123. The first-order chi connectivity index (χ1) is 7.17. The van der Waals surface area contributed by atoms with Crippen molar-refractivity contribution in [3.63, 3.8) is 0 Å². The lowest BCUT2D eigenvalue weighted by atomic mass is 10.2. The van der Waals surface area contributed by atoms with Crippen molar-refractivity contribution in [2.24, 2.45) is 0 Å². The number of ether oxygens (including phenoxy) is 1. The Balaban J connectivity index is 2.79. The molecule has 0 aliphatic carbocycles. The van der Waals surface area contributed by atoms with Gasteiger partial charge in [-0.2, -0.15) is 0 Å². The van der Waals surface area contributed by atoms with Gasteiger partial charge in [-0.25, -0.2) is 0 Å². The van der Waals surface area contributed by atoms with Gasteiger partial charge in [0, 0.05) is 5.69 Å². The zero-order valence-electron chi connectivity index (χ0n) is 9.20. The Labute approximate surface area is 89.8 Å². The van der Waals surface area contributed by atoms with E-state index in [9.17, 15) is 4.79 Å². The van der Waals surface area contributed by atoms with E-state index >= 15 is 0 Å². The number of methoxy groups -OCH3 is 1. The Kier molecular flexibility index (Phi) is 3.92. The van der Waals surface area contributed by atoms with E-state index in [4.69, 9.17) is 4.74 Å². The van der Waals surface area contributed by atoms with Crippen molar-refractivity contribution in [2.45, 2.75) is 13.8 Å². The number of hydrogen-bond donors (Lipinski definition) is 1. The molecule has 0 saturated carbocycles. The van der Waals surface area contributed by atoms with Crippen LogP contribution in [-0.4, -0.2) is 13.0 Å². The number of benzene rings is 1. The molecule has 0 heterocycles. The lowest BCUT2D eigenvalue weighted by molar-refractivity contribution is -0.111. The summed E-state index contributed by atoms with van der Waals surface area (Å²) in [5.74, 6) is 0.695. The largest absolute Gasteiger partial charge is 0.496 e. The first-order valence-electron chi connectivity index (χ1n) is 4.75. The zero-order valence-corrected chi connectivity index (χ0v) is 9.20. The van der Waals surface area contributed by atoms with Gasteiger partial charge in [-0.15, -0.1) is 0 Å². The zero-order chi connectivity index (χ0) is 11.3. The third-order valence-corrected chi connectivity index (χ3v) is 1.98. The van der Waals surface area contributed by atoms with Crippen molar-refractivity contribution in [2.75, 3.05) is 12.4 Å². The van der Waals surface area contributed by atoms with Crippen LogP contribution < -0.4 is 10.1 Å². The number of rotatable bonds is 3. The lowest BCUT2D eigenvalue weighted by Crippen LogP contribution is -2.07. The summed E-state index contributed by atoms with van der Waals surface area (Å²) in [4.78, 5) is 11.2. The lowest BCUT2D eigenvalue weighted by Gasteiger charge is -2.07. The number of nitrogens with one attached hydrogen (secondary N) is 1. The number of allylic oxidation sites excluding steroid dienone is 1. The molecule has 0 radical (unpaired) electrons. The number of aryl methyl sites for hydroxylation is 1. The molecular weight excluding hydrogens is 190 g/mol. The first kappa shape index (κ1) is 11.3. The van der Waals surface area contributed by atoms with Gasteiger partial charge < -0.3 is 10.1 Å². The van der Waals surface area contributed by atoms with Crippen molar-refractivity contribution < 1.29 is 9.53 Å². The maximum absolute atomic E-state index is 11.2. The van der Waals surface area contributed by atoms with Crippen molar-refractivity contribution in [1.29, 1.82) is 0 Å². The van der Waals surface area contributed by atoms with Crippen molar-refractivity contribution in [3.05, 3.63) is 35.9 Å². The van der Waals surface area contributed by atoms with Gasteiger partial charge in [0.25, 0.3) is 0 Å². The van der Waals surface area contributed by atoms with Crippen LogP contribution in [0, 0.1) is 6.92 Å². The van der Waals surface area contributed by atoms with Crippen molar-refractivity contribution in [3.8, 4) is 5.75 Å². The maximum Gasteiger partial charge on any atom is 0.248 e. The van der Waals surface area contributed by atoms with Gasteiger partial charge >= 0.3 is 0 Å². The predicted molar refractivity (Wildman–Crippen MR) is 61.2 cm³/mol. The van der Waals surface area contributed by atoms with Crippen LogP contribution in [0.15, 0.2) is 30.4 Å². The molecule has 1 aromatic rings. The van der Waals surface area contributed by atoms with Crippen molar-refractivity contribution >= 4 is 11.6 Å². The van der Waals surface area contributed by atoms with Gasteiger partial charge in [0.2, 0.25) is 5.91 Å². The fraction of sp³-hybridized carbons (Fsp3) is 0.250. The summed E-state index contributed by atoms with van der Waals surface area (Å²) in [5.41, 5.74) is 1.77. The average molecular weight is 205 g/mol. The molecule has 0 aliphatic rings. The van der Waals surface area contributed by atoms with Crippen LogP contribution in [0.3, 0.4) is 0 Å². The number of carbonyl (C=O) groups excluding carboxylic acids is 1.